The fraction of sp³-hybridized carbons (Fsp3) is 0.278. The van der Waals surface area contributed by atoms with Crippen molar-refractivity contribution >= 4 is 17.5 Å². The van der Waals surface area contributed by atoms with Crippen LogP contribution in [0.2, 0.25) is 0 Å². The third kappa shape index (κ3) is 3.27. The molecule has 108 valence electrons. The number of carbonyl (C=O) groups is 1. The summed E-state index contributed by atoms with van der Waals surface area (Å²) in [6.07, 6.45) is 0.930. The minimum Gasteiger partial charge on any atom is -0.348 e. The van der Waals surface area contributed by atoms with Crippen LogP contribution in [-0.2, 0) is 4.79 Å². The maximum atomic E-state index is 12.4. The summed E-state index contributed by atoms with van der Waals surface area (Å²) >= 11 is 6.01. The van der Waals surface area contributed by atoms with Gasteiger partial charge >= 0.3 is 0 Å². The van der Waals surface area contributed by atoms with Crippen molar-refractivity contribution in [3.05, 3.63) is 71.8 Å². The molecule has 1 aliphatic carbocycles. The molecule has 0 saturated heterocycles. The van der Waals surface area contributed by atoms with Crippen molar-refractivity contribution in [1.82, 2.24) is 5.32 Å². The van der Waals surface area contributed by atoms with Gasteiger partial charge in [0.25, 0.3) is 0 Å². The standard InChI is InChI=1S/C18H18ClNO/c19-12-17(14-9-5-2-6-10-14)20-18(21)16-11-15(16)13-7-3-1-4-8-13/h1-10,15-17H,11-12H2,(H,20,21). The first kappa shape index (κ1) is 14.2. The number of hydrogen-bond donors (Lipinski definition) is 1. The summed E-state index contributed by atoms with van der Waals surface area (Å²) in [6.45, 7) is 0. The van der Waals surface area contributed by atoms with Crippen LogP contribution in [0.25, 0.3) is 0 Å². The number of benzene rings is 2. The van der Waals surface area contributed by atoms with E-state index >= 15 is 0 Å². The monoisotopic (exact) mass is 299 g/mol. The van der Waals surface area contributed by atoms with E-state index in [9.17, 15) is 4.79 Å². The minimum atomic E-state index is -0.114. The molecule has 1 N–H and O–H groups in total. The van der Waals surface area contributed by atoms with Gasteiger partial charge < -0.3 is 5.32 Å². The number of rotatable bonds is 5. The molecule has 2 aromatic rings. The van der Waals surface area contributed by atoms with E-state index in [1.54, 1.807) is 0 Å². The van der Waals surface area contributed by atoms with Gasteiger partial charge in [-0.15, -0.1) is 11.6 Å². The van der Waals surface area contributed by atoms with Crippen LogP contribution in [0.1, 0.15) is 29.5 Å². The van der Waals surface area contributed by atoms with E-state index in [-0.39, 0.29) is 17.9 Å². The second kappa shape index (κ2) is 6.31. The Labute approximate surface area is 130 Å². The molecule has 1 aliphatic rings. The first-order valence-corrected chi connectivity index (χ1v) is 7.79. The number of hydrogen-bond acceptors (Lipinski definition) is 1. The Kier molecular flexibility index (Phi) is 4.26. The Bertz CT molecular complexity index is 599. The molecule has 1 saturated carbocycles. The van der Waals surface area contributed by atoms with Gasteiger partial charge in [-0.05, 0) is 23.5 Å². The molecular formula is C18H18ClNO. The summed E-state index contributed by atoms with van der Waals surface area (Å²) in [7, 11) is 0. The number of nitrogens with one attached hydrogen (secondary N) is 1. The first-order chi connectivity index (χ1) is 10.3. The zero-order chi connectivity index (χ0) is 14.7. The summed E-state index contributed by atoms with van der Waals surface area (Å²) < 4.78 is 0. The molecule has 3 atom stereocenters. The van der Waals surface area contributed by atoms with E-state index in [0.29, 0.717) is 11.8 Å². The van der Waals surface area contributed by atoms with Crippen LogP contribution < -0.4 is 5.32 Å². The number of amides is 1. The molecule has 1 fully saturated rings. The molecule has 3 rings (SSSR count). The predicted octanol–water partition coefficient (Wildman–Crippen LogP) is 3.89. The lowest BCUT2D eigenvalue weighted by atomic mass is 10.1. The van der Waals surface area contributed by atoms with Crippen molar-refractivity contribution in [2.45, 2.75) is 18.4 Å². The second-order valence-corrected chi connectivity index (χ2v) is 5.79. The molecule has 0 bridgehead atoms. The Morgan fingerprint density at radius 2 is 1.71 bits per heavy atom. The highest BCUT2D eigenvalue weighted by molar-refractivity contribution is 6.18. The van der Waals surface area contributed by atoms with Gasteiger partial charge in [0.15, 0.2) is 0 Å². The highest BCUT2D eigenvalue weighted by atomic mass is 35.5. The molecule has 21 heavy (non-hydrogen) atoms. The number of halogens is 1. The second-order valence-electron chi connectivity index (χ2n) is 5.49. The van der Waals surface area contributed by atoms with E-state index in [1.165, 1.54) is 5.56 Å². The van der Waals surface area contributed by atoms with Gasteiger partial charge in [0.05, 0.1) is 6.04 Å². The summed E-state index contributed by atoms with van der Waals surface area (Å²) in [5.74, 6) is 0.941. The fourth-order valence-corrected chi connectivity index (χ4v) is 2.98. The first-order valence-electron chi connectivity index (χ1n) is 7.26. The van der Waals surface area contributed by atoms with Gasteiger partial charge in [0, 0.05) is 11.8 Å². The number of carbonyl (C=O) groups excluding carboxylic acids is 1. The van der Waals surface area contributed by atoms with Crippen LogP contribution in [-0.4, -0.2) is 11.8 Å². The average molecular weight is 300 g/mol. The van der Waals surface area contributed by atoms with Crippen LogP contribution in [0.4, 0.5) is 0 Å². The predicted molar refractivity (Wildman–Crippen MR) is 85.3 cm³/mol. The van der Waals surface area contributed by atoms with Crippen molar-refractivity contribution in [3.8, 4) is 0 Å². The van der Waals surface area contributed by atoms with Gasteiger partial charge in [0.1, 0.15) is 0 Å². The van der Waals surface area contributed by atoms with E-state index in [0.717, 1.165) is 12.0 Å². The maximum Gasteiger partial charge on any atom is 0.224 e. The third-order valence-corrected chi connectivity index (χ3v) is 4.34. The summed E-state index contributed by atoms with van der Waals surface area (Å²) in [4.78, 5) is 12.4. The van der Waals surface area contributed by atoms with Gasteiger partial charge in [-0.1, -0.05) is 60.7 Å². The molecule has 2 aromatic carbocycles. The highest BCUT2D eigenvalue weighted by Crippen LogP contribution is 2.47. The SMILES string of the molecule is O=C(NC(CCl)c1ccccc1)C1CC1c1ccccc1. The molecule has 0 heterocycles. The lowest BCUT2D eigenvalue weighted by Crippen LogP contribution is -2.31. The van der Waals surface area contributed by atoms with Crippen molar-refractivity contribution < 1.29 is 4.79 Å². The number of alkyl halides is 1. The van der Waals surface area contributed by atoms with E-state index in [4.69, 9.17) is 11.6 Å². The Morgan fingerprint density at radius 3 is 2.33 bits per heavy atom. The van der Waals surface area contributed by atoms with Gasteiger partial charge in [-0.25, -0.2) is 0 Å². The highest BCUT2D eigenvalue weighted by Gasteiger charge is 2.44. The molecule has 0 aliphatic heterocycles. The van der Waals surface area contributed by atoms with Crippen LogP contribution in [0.3, 0.4) is 0 Å². The van der Waals surface area contributed by atoms with Crippen LogP contribution in [0.15, 0.2) is 60.7 Å². The molecule has 0 radical (unpaired) electrons. The fourth-order valence-electron chi connectivity index (χ4n) is 2.73. The van der Waals surface area contributed by atoms with Crippen molar-refractivity contribution in [1.29, 1.82) is 0 Å². The largest absolute Gasteiger partial charge is 0.348 e. The lowest BCUT2D eigenvalue weighted by molar-refractivity contribution is -0.123. The molecule has 2 nitrogen and oxygen atoms in total. The van der Waals surface area contributed by atoms with Crippen LogP contribution >= 0.6 is 11.6 Å². The van der Waals surface area contributed by atoms with E-state index in [2.05, 4.69) is 17.4 Å². The summed E-state index contributed by atoms with van der Waals surface area (Å²) in [5.41, 5.74) is 2.30. The Hall–Kier alpha value is -1.80. The maximum absolute atomic E-state index is 12.4. The zero-order valence-corrected chi connectivity index (χ0v) is 12.5. The zero-order valence-electron chi connectivity index (χ0n) is 11.7. The van der Waals surface area contributed by atoms with Crippen LogP contribution in [0.5, 0.6) is 0 Å². The normalized spacial score (nSPS) is 21.6. The topological polar surface area (TPSA) is 29.1 Å². The lowest BCUT2D eigenvalue weighted by Gasteiger charge is -2.16. The quantitative estimate of drug-likeness (QED) is 0.834. The Balaban J connectivity index is 1.62. The van der Waals surface area contributed by atoms with Crippen molar-refractivity contribution in [3.63, 3.8) is 0 Å². The Morgan fingerprint density at radius 1 is 1.10 bits per heavy atom. The van der Waals surface area contributed by atoms with Gasteiger partial charge in [0.2, 0.25) is 5.91 Å². The van der Waals surface area contributed by atoms with Gasteiger partial charge in [-0.2, -0.15) is 0 Å². The van der Waals surface area contributed by atoms with Crippen molar-refractivity contribution in [2.75, 3.05) is 5.88 Å². The van der Waals surface area contributed by atoms with Gasteiger partial charge in [-0.3, -0.25) is 4.79 Å². The average Bonchev–Trinajstić information content (AvgIpc) is 3.35. The molecule has 0 aromatic heterocycles. The van der Waals surface area contributed by atoms with Crippen molar-refractivity contribution in [2.24, 2.45) is 5.92 Å². The summed E-state index contributed by atoms with van der Waals surface area (Å²) in [5, 5.41) is 3.07. The van der Waals surface area contributed by atoms with E-state index in [1.807, 2.05) is 48.5 Å². The molecule has 0 spiro atoms. The summed E-state index contributed by atoms with van der Waals surface area (Å²) in [6, 6.07) is 20.0. The smallest absolute Gasteiger partial charge is 0.224 e. The molecular weight excluding hydrogens is 282 g/mol. The van der Waals surface area contributed by atoms with E-state index < -0.39 is 0 Å². The molecule has 3 heteroatoms. The minimum absolute atomic E-state index is 0.0850. The van der Waals surface area contributed by atoms with Crippen LogP contribution in [0, 0.1) is 5.92 Å². The molecule has 1 amide bonds. The molecule has 3 unspecified atom stereocenters. The third-order valence-electron chi connectivity index (χ3n) is 4.03.